The van der Waals surface area contributed by atoms with E-state index in [2.05, 4.69) is 40.7 Å². The summed E-state index contributed by atoms with van der Waals surface area (Å²) in [5, 5.41) is 0. The Morgan fingerprint density at radius 1 is 1.29 bits per heavy atom. The minimum atomic E-state index is 0.280. The molecule has 3 heteroatoms. The van der Waals surface area contributed by atoms with Crippen LogP contribution in [0.15, 0.2) is 30.6 Å². The molecule has 2 aromatic rings. The van der Waals surface area contributed by atoms with Gasteiger partial charge in [0.15, 0.2) is 0 Å². The molecule has 0 bridgehead atoms. The number of aryl methyl sites for hydroxylation is 1. The van der Waals surface area contributed by atoms with Crippen LogP contribution in [-0.2, 0) is 13.0 Å². The van der Waals surface area contributed by atoms with E-state index in [0.29, 0.717) is 0 Å². The molecule has 1 aliphatic rings. The molecule has 3 rings (SSSR count). The van der Waals surface area contributed by atoms with Gasteiger partial charge in [-0.3, -0.25) is 0 Å². The summed E-state index contributed by atoms with van der Waals surface area (Å²) in [7, 11) is 0. The summed E-state index contributed by atoms with van der Waals surface area (Å²) < 4.78 is 2.20. The lowest BCUT2D eigenvalue weighted by Gasteiger charge is -2.21. The number of imidazole rings is 1. The SMILES string of the molecule is Cc1ccc(-c2ncn3c2CCC(N)C3)cc1. The molecule has 3 nitrogen and oxygen atoms in total. The van der Waals surface area contributed by atoms with E-state index in [1.54, 1.807) is 0 Å². The van der Waals surface area contributed by atoms with E-state index in [4.69, 9.17) is 5.73 Å². The molecule has 1 unspecified atom stereocenters. The summed E-state index contributed by atoms with van der Waals surface area (Å²) in [6.07, 6.45) is 4.01. The number of nitrogens with two attached hydrogens (primary N) is 1. The Kier molecular flexibility index (Phi) is 2.48. The average Bonchev–Trinajstić information content (AvgIpc) is 2.73. The second kappa shape index (κ2) is 4.00. The van der Waals surface area contributed by atoms with Crippen molar-refractivity contribution in [3.8, 4) is 11.3 Å². The first kappa shape index (κ1) is 10.5. The zero-order chi connectivity index (χ0) is 11.8. The fraction of sp³-hybridized carbons (Fsp3) is 0.357. The molecule has 0 fully saturated rings. The quantitative estimate of drug-likeness (QED) is 0.811. The van der Waals surface area contributed by atoms with Crippen molar-refractivity contribution >= 4 is 0 Å². The zero-order valence-corrected chi connectivity index (χ0v) is 10.1. The Balaban J connectivity index is 2.02. The number of aromatic nitrogens is 2. The van der Waals surface area contributed by atoms with Crippen LogP contribution in [0.3, 0.4) is 0 Å². The third kappa shape index (κ3) is 1.87. The second-order valence-corrected chi connectivity index (χ2v) is 4.86. The van der Waals surface area contributed by atoms with Crippen molar-refractivity contribution in [1.29, 1.82) is 0 Å². The Labute approximate surface area is 101 Å². The molecule has 2 N–H and O–H groups in total. The molecule has 88 valence electrons. The van der Waals surface area contributed by atoms with Crippen LogP contribution in [0, 0.1) is 6.92 Å². The largest absolute Gasteiger partial charge is 0.332 e. The second-order valence-electron chi connectivity index (χ2n) is 4.86. The van der Waals surface area contributed by atoms with Crippen LogP contribution in [0.2, 0.25) is 0 Å². The molecule has 0 radical (unpaired) electrons. The maximum Gasteiger partial charge on any atom is 0.0956 e. The Hall–Kier alpha value is -1.61. The first-order valence-corrected chi connectivity index (χ1v) is 6.10. The maximum atomic E-state index is 5.97. The Bertz CT molecular complexity index is 525. The van der Waals surface area contributed by atoms with Gasteiger partial charge in [-0.1, -0.05) is 29.8 Å². The summed E-state index contributed by atoms with van der Waals surface area (Å²) in [6, 6.07) is 8.84. The molecule has 17 heavy (non-hydrogen) atoms. The summed E-state index contributed by atoms with van der Waals surface area (Å²) in [6.45, 7) is 3.00. The zero-order valence-electron chi connectivity index (χ0n) is 10.1. The van der Waals surface area contributed by atoms with Crippen LogP contribution in [0.5, 0.6) is 0 Å². The van der Waals surface area contributed by atoms with Gasteiger partial charge in [-0.15, -0.1) is 0 Å². The van der Waals surface area contributed by atoms with Gasteiger partial charge in [0.25, 0.3) is 0 Å². The first-order valence-electron chi connectivity index (χ1n) is 6.10. The molecule has 1 atom stereocenters. The van der Waals surface area contributed by atoms with Gasteiger partial charge < -0.3 is 10.3 Å². The molecule has 0 saturated heterocycles. The Morgan fingerprint density at radius 3 is 2.82 bits per heavy atom. The third-order valence-electron chi connectivity index (χ3n) is 3.45. The van der Waals surface area contributed by atoms with Crippen molar-refractivity contribution in [2.75, 3.05) is 0 Å². The van der Waals surface area contributed by atoms with E-state index in [0.717, 1.165) is 25.1 Å². The molecular weight excluding hydrogens is 210 g/mol. The van der Waals surface area contributed by atoms with E-state index in [1.807, 2.05) is 6.33 Å². The van der Waals surface area contributed by atoms with Gasteiger partial charge in [0.1, 0.15) is 0 Å². The lowest BCUT2D eigenvalue weighted by Crippen LogP contribution is -2.31. The predicted molar refractivity (Wildman–Crippen MR) is 68.7 cm³/mol. The lowest BCUT2D eigenvalue weighted by atomic mass is 10.0. The predicted octanol–water partition coefficient (Wildman–Crippen LogP) is 2.13. The molecular formula is C14H17N3. The molecule has 2 heterocycles. The fourth-order valence-electron chi connectivity index (χ4n) is 2.45. The van der Waals surface area contributed by atoms with E-state index in [1.165, 1.54) is 16.8 Å². The number of hydrogen-bond donors (Lipinski definition) is 1. The number of hydrogen-bond acceptors (Lipinski definition) is 2. The van der Waals surface area contributed by atoms with Crippen LogP contribution in [0.4, 0.5) is 0 Å². The first-order chi connectivity index (χ1) is 8.24. The molecule has 0 aliphatic carbocycles. The maximum absolute atomic E-state index is 5.97. The van der Waals surface area contributed by atoms with Gasteiger partial charge in [0.05, 0.1) is 12.0 Å². The van der Waals surface area contributed by atoms with E-state index < -0.39 is 0 Å². The molecule has 1 aliphatic heterocycles. The molecule has 1 aromatic heterocycles. The molecule has 0 spiro atoms. The summed E-state index contributed by atoms with van der Waals surface area (Å²) in [5.74, 6) is 0. The van der Waals surface area contributed by atoms with Crippen LogP contribution in [0.25, 0.3) is 11.3 Å². The topological polar surface area (TPSA) is 43.8 Å². The number of rotatable bonds is 1. The van der Waals surface area contributed by atoms with Crippen molar-refractivity contribution in [2.24, 2.45) is 5.73 Å². The Morgan fingerprint density at radius 2 is 2.06 bits per heavy atom. The number of benzene rings is 1. The normalized spacial score (nSPS) is 19.1. The van der Waals surface area contributed by atoms with Gasteiger partial charge in [-0.05, 0) is 19.8 Å². The molecule has 0 saturated carbocycles. The highest BCUT2D eigenvalue weighted by atomic mass is 15.1. The van der Waals surface area contributed by atoms with Crippen molar-refractivity contribution in [2.45, 2.75) is 32.4 Å². The highest BCUT2D eigenvalue weighted by Gasteiger charge is 2.19. The van der Waals surface area contributed by atoms with Gasteiger partial charge in [-0.2, -0.15) is 0 Å². The van der Waals surface area contributed by atoms with Crippen LogP contribution in [0.1, 0.15) is 17.7 Å². The molecule has 0 amide bonds. The summed E-state index contributed by atoms with van der Waals surface area (Å²) in [4.78, 5) is 4.54. The highest BCUT2D eigenvalue weighted by Crippen LogP contribution is 2.26. The van der Waals surface area contributed by atoms with Crippen molar-refractivity contribution < 1.29 is 0 Å². The van der Waals surface area contributed by atoms with Gasteiger partial charge >= 0.3 is 0 Å². The standard InChI is InChI=1S/C14H17N3/c1-10-2-4-11(5-3-10)14-13-7-6-12(15)8-17(13)9-16-14/h2-5,9,12H,6-8,15H2,1H3. The van der Waals surface area contributed by atoms with E-state index in [-0.39, 0.29) is 6.04 Å². The van der Waals surface area contributed by atoms with Crippen molar-refractivity contribution in [3.63, 3.8) is 0 Å². The summed E-state index contributed by atoms with van der Waals surface area (Å²) >= 11 is 0. The monoisotopic (exact) mass is 227 g/mol. The van der Waals surface area contributed by atoms with Crippen LogP contribution >= 0.6 is 0 Å². The third-order valence-corrected chi connectivity index (χ3v) is 3.45. The highest BCUT2D eigenvalue weighted by molar-refractivity contribution is 5.62. The van der Waals surface area contributed by atoms with Crippen molar-refractivity contribution in [3.05, 3.63) is 41.9 Å². The van der Waals surface area contributed by atoms with E-state index >= 15 is 0 Å². The fourth-order valence-corrected chi connectivity index (χ4v) is 2.45. The van der Waals surface area contributed by atoms with Gasteiger partial charge in [-0.25, -0.2) is 4.98 Å². The van der Waals surface area contributed by atoms with Gasteiger partial charge in [0, 0.05) is 23.8 Å². The van der Waals surface area contributed by atoms with E-state index in [9.17, 15) is 0 Å². The lowest BCUT2D eigenvalue weighted by molar-refractivity contribution is 0.461. The minimum Gasteiger partial charge on any atom is -0.332 e. The average molecular weight is 227 g/mol. The summed E-state index contributed by atoms with van der Waals surface area (Å²) in [5.41, 5.74) is 10.9. The van der Waals surface area contributed by atoms with Crippen LogP contribution in [-0.4, -0.2) is 15.6 Å². The minimum absolute atomic E-state index is 0.280. The molecule has 1 aromatic carbocycles. The van der Waals surface area contributed by atoms with Gasteiger partial charge in [0.2, 0.25) is 0 Å². The number of fused-ring (bicyclic) bond motifs is 1. The number of nitrogens with zero attached hydrogens (tertiary/aromatic N) is 2. The van der Waals surface area contributed by atoms with Crippen LogP contribution < -0.4 is 5.73 Å². The smallest absolute Gasteiger partial charge is 0.0956 e. The van der Waals surface area contributed by atoms with Crippen molar-refractivity contribution in [1.82, 2.24) is 9.55 Å².